The fourth-order valence-corrected chi connectivity index (χ4v) is 1.99. The van der Waals surface area contributed by atoms with Gasteiger partial charge in [-0.1, -0.05) is 52.2 Å². The molecule has 0 N–H and O–H groups in total. The molecule has 0 unspecified atom stereocenters. The summed E-state index contributed by atoms with van der Waals surface area (Å²) in [5.41, 5.74) is 0. The third-order valence-corrected chi connectivity index (χ3v) is 3.06. The van der Waals surface area contributed by atoms with Gasteiger partial charge in [-0.3, -0.25) is 0 Å². The zero-order valence-corrected chi connectivity index (χ0v) is 8.91. The van der Waals surface area contributed by atoms with Crippen LogP contribution in [0.15, 0.2) is 0 Å². The molecule has 0 saturated heterocycles. The van der Waals surface area contributed by atoms with Crippen LogP contribution in [0.3, 0.4) is 0 Å². The summed E-state index contributed by atoms with van der Waals surface area (Å²) in [6.07, 6.45) is 4.35. The smallest absolute Gasteiger partial charge is 0.0412 e. The Balaban J connectivity index is 2.91. The van der Waals surface area contributed by atoms with Crippen LogP contribution < -0.4 is 0 Å². The Kier molecular flexibility index (Phi) is 6.09. The number of rotatable bonds is 5. The van der Waals surface area contributed by atoms with Crippen molar-refractivity contribution in [1.82, 2.24) is 0 Å². The molecule has 1 radical (unpaired) electrons. The summed E-state index contributed by atoms with van der Waals surface area (Å²) in [6, 6.07) is 1.51. The summed E-state index contributed by atoms with van der Waals surface area (Å²) in [4.78, 5) is 0. The molecule has 0 heterocycles. The van der Waals surface area contributed by atoms with Crippen molar-refractivity contribution in [3.63, 3.8) is 0 Å². The van der Waals surface area contributed by atoms with Gasteiger partial charge in [-0.25, -0.2) is 0 Å². The largest absolute Gasteiger partial charge is 0.0713 e. The molecule has 10 heavy (non-hydrogen) atoms. The van der Waals surface area contributed by atoms with Crippen LogP contribution in [0.4, 0.5) is 0 Å². The average Bonchev–Trinajstić information content (AvgIpc) is 1.79. The van der Waals surface area contributed by atoms with Gasteiger partial charge >= 0.3 is 0 Å². The lowest BCUT2D eigenvalue weighted by Crippen LogP contribution is -1.98. The van der Waals surface area contributed by atoms with Gasteiger partial charge in [0.15, 0.2) is 0 Å². The van der Waals surface area contributed by atoms with Crippen molar-refractivity contribution in [3.05, 3.63) is 0 Å². The van der Waals surface area contributed by atoms with E-state index in [-0.39, 0.29) is 8.80 Å². The summed E-state index contributed by atoms with van der Waals surface area (Å²) in [5, 5.41) is 0. The van der Waals surface area contributed by atoms with E-state index in [1.54, 1.807) is 0 Å². The number of hydrogen-bond acceptors (Lipinski definition) is 0. The first-order valence-corrected chi connectivity index (χ1v) is 7.12. The van der Waals surface area contributed by atoms with Crippen molar-refractivity contribution in [2.75, 3.05) is 0 Å². The van der Waals surface area contributed by atoms with Gasteiger partial charge in [0, 0.05) is 8.80 Å². The Morgan fingerprint density at radius 1 is 1.10 bits per heavy atom. The van der Waals surface area contributed by atoms with Gasteiger partial charge in [-0.15, -0.1) is 0 Å². The second-order valence-corrected chi connectivity index (χ2v) is 6.76. The molecule has 0 amide bonds. The third-order valence-electron chi connectivity index (χ3n) is 1.71. The van der Waals surface area contributed by atoms with Crippen molar-refractivity contribution in [3.8, 4) is 0 Å². The Labute approximate surface area is 67.6 Å². The summed E-state index contributed by atoms with van der Waals surface area (Å²) < 4.78 is 0. The van der Waals surface area contributed by atoms with E-state index in [0.29, 0.717) is 0 Å². The highest BCUT2D eigenvalue weighted by Gasteiger charge is 1.97. The van der Waals surface area contributed by atoms with E-state index in [2.05, 4.69) is 26.9 Å². The highest BCUT2D eigenvalue weighted by atomic mass is 28.3. The van der Waals surface area contributed by atoms with Crippen molar-refractivity contribution in [2.45, 2.75) is 52.2 Å². The third kappa shape index (κ3) is 8.22. The molecule has 61 valence electrons. The zero-order valence-electron chi connectivity index (χ0n) is 7.91. The first-order valence-electron chi connectivity index (χ1n) is 4.42. The summed E-state index contributed by atoms with van der Waals surface area (Å²) in [6.45, 7) is 9.42. The number of hydrogen-bond donors (Lipinski definition) is 0. The second-order valence-electron chi connectivity index (χ2n) is 3.85. The van der Waals surface area contributed by atoms with E-state index < -0.39 is 0 Å². The molecular formula is C9H21Si. The minimum atomic E-state index is 0.0676. The van der Waals surface area contributed by atoms with E-state index in [9.17, 15) is 0 Å². The highest BCUT2D eigenvalue weighted by Crippen LogP contribution is 2.09. The monoisotopic (exact) mass is 157 g/mol. The standard InChI is InChI=1S/C9H21Si/c1-9(2)7-5-6-8-10(3)4/h9H,5-8H2,1-4H3. The minimum absolute atomic E-state index is 0.0676. The van der Waals surface area contributed by atoms with Crippen LogP contribution in [-0.2, 0) is 0 Å². The fourth-order valence-electron chi connectivity index (χ4n) is 1.03. The van der Waals surface area contributed by atoms with Crippen molar-refractivity contribution in [1.29, 1.82) is 0 Å². The molecule has 0 aromatic rings. The molecule has 0 bridgehead atoms. The fraction of sp³-hybridized carbons (Fsp3) is 1.00. The molecule has 0 saturated carbocycles. The quantitative estimate of drug-likeness (QED) is 0.423. The van der Waals surface area contributed by atoms with E-state index in [0.717, 1.165) is 5.92 Å². The van der Waals surface area contributed by atoms with E-state index >= 15 is 0 Å². The van der Waals surface area contributed by atoms with Crippen LogP contribution in [-0.4, -0.2) is 8.80 Å². The van der Waals surface area contributed by atoms with Crippen LogP contribution in [0.5, 0.6) is 0 Å². The minimum Gasteiger partial charge on any atom is -0.0713 e. The summed E-state index contributed by atoms with van der Waals surface area (Å²) in [5.74, 6) is 0.907. The molecule has 0 spiro atoms. The van der Waals surface area contributed by atoms with Crippen LogP contribution in [0.25, 0.3) is 0 Å². The van der Waals surface area contributed by atoms with Gasteiger partial charge in [0.05, 0.1) is 0 Å². The van der Waals surface area contributed by atoms with Crippen LogP contribution in [0.2, 0.25) is 19.1 Å². The van der Waals surface area contributed by atoms with Gasteiger partial charge in [0.2, 0.25) is 0 Å². The Morgan fingerprint density at radius 3 is 2.10 bits per heavy atom. The zero-order chi connectivity index (χ0) is 7.98. The molecule has 0 aliphatic carbocycles. The maximum Gasteiger partial charge on any atom is 0.0412 e. The van der Waals surface area contributed by atoms with Gasteiger partial charge < -0.3 is 0 Å². The average molecular weight is 157 g/mol. The van der Waals surface area contributed by atoms with E-state index in [4.69, 9.17) is 0 Å². The Bertz CT molecular complexity index is 57.1. The van der Waals surface area contributed by atoms with E-state index in [1.165, 1.54) is 25.3 Å². The highest BCUT2D eigenvalue weighted by molar-refractivity contribution is 6.55. The second kappa shape index (κ2) is 5.96. The molecule has 0 aromatic carbocycles. The predicted molar refractivity (Wildman–Crippen MR) is 51.0 cm³/mol. The molecule has 0 aliphatic rings. The predicted octanol–water partition coefficient (Wildman–Crippen LogP) is 3.57. The van der Waals surface area contributed by atoms with E-state index in [1.807, 2.05) is 0 Å². The molecule has 0 atom stereocenters. The van der Waals surface area contributed by atoms with Gasteiger partial charge in [-0.2, -0.15) is 0 Å². The normalized spacial score (nSPS) is 11.4. The van der Waals surface area contributed by atoms with Crippen LogP contribution in [0.1, 0.15) is 33.1 Å². The first kappa shape index (κ1) is 10.2. The molecule has 0 nitrogen and oxygen atoms in total. The van der Waals surface area contributed by atoms with Crippen molar-refractivity contribution in [2.24, 2.45) is 5.92 Å². The molecular weight excluding hydrogens is 136 g/mol. The Hall–Kier alpha value is 0.217. The van der Waals surface area contributed by atoms with Crippen molar-refractivity contribution < 1.29 is 0 Å². The van der Waals surface area contributed by atoms with Crippen molar-refractivity contribution >= 4 is 8.80 Å². The maximum atomic E-state index is 2.40. The number of unbranched alkanes of at least 4 members (excludes halogenated alkanes) is 1. The lowest BCUT2D eigenvalue weighted by atomic mass is 10.1. The topological polar surface area (TPSA) is 0 Å². The van der Waals surface area contributed by atoms with Gasteiger partial charge in [0.25, 0.3) is 0 Å². The summed E-state index contributed by atoms with van der Waals surface area (Å²) >= 11 is 0. The maximum absolute atomic E-state index is 2.40. The lowest BCUT2D eigenvalue weighted by Gasteiger charge is -2.04. The molecule has 0 aliphatic heterocycles. The first-order chi connectivity index (χ1) is 4.63. The van der Waals surface area contributed by atoms with Gasteiger partial charge in [-0.05, 0) is 5.92 Å². The molecule has 0 aromatic heterocycles. The van der Waals surface area contributed by atoms with Crippen LogP contribution >= 0.6 is 0 Å². The Morgan fingerprint density at radius 2 is 1.70 bits per heavy atom. The van der Waals surface area contributed by atoms with Crippen LogP contribution in [0, 0.1) is 5.92 Å². The lowest BCUT2D eigenvalue weighted by molar-refractivity contribution is 0.549. The molecule has 0 fully saturated rings. The van der Waals surface area contributed by atoms with Gasteiger partial charge in [0.1, 0.15) is 0 Å². The summed E-state index contributed by atoms with van der Waals surface area (Å²) in [7, 11) is 0.0676. The molecule has 0 rings (SSSR count). The molecule has 1 heteroatoms. The SMILES string of the molecule is CC(C)CCCC[Si](C)C.